The maximum atomic E-state index is 12.2. The molecule has 3 rings (SSSR count). The minimum Gasteiger partial charge on any atom is -0.340 e. The Morgan fingerprint density at radius 3 is 2.59 bits per heavy atom. The number of likely N-dealkylation sites (N-methyl/N-ethyl adjacent to an activating group) is 1. The number of hydrogen-bond donors (Lipinski definition) is 0. The molecule has 0 aliphatic carbocycles. The molecule has 1 saturated heterocycles. The third-order valence-electron chi connectivity index (χ3n) is 4.14. The van der Waals surface area contributed by atoms with E-state index < -0.39 is 0 Å². The highest BCUT2D eigenvalue weighted by atomic mass is 16.2. The molecule has 5 nitrogen and oxygen atoms in total. The molecular weight excluding hydrogens is 276 g/mol. The van der Waals surface area contributed by atoms with E-state index in [9.17, 15) is 4.79 Å². The molecule has 0 N–H and O–H groups in total. The quantitative estimate of drug-likeness (QED) is 0.863. The summed E-state index contributed by atoms with van der Waals surface area (Å²) in [6.07, 6.45) is 4.35. The van der Waals surface area contributed by atoms with Crippen molar-refractivity contribution < 1.29 is 4.79 Å². The summed E-state index contributed by atoms with van der Waals surface area (Å²) in [5.41, 5.74) is 2.05. The lowest BCUT2D eigenvalue weighted by atomic mass is 10.2. The van der Waals surface area contributed by atoms with Gasteiger partial charge in [0.05, 0.1) is 12.0 Å². The molecule has 0 unspecified atom stereocenters. The summed E-state index contributed by atoms with van der Waals surface area (Å²) in [4.78, 5) is 20.9. The van der Waals surface area contributed by atoms with E-state index in [4.69, 9.17) is 0 Å². The van der Waals surface area contributed by atoms with Crippen LogP contribution in [0.2, 0.25) is 0 Å². The molecule has 1 aliphatic heterocycles. The number of piperazine rings is 1. The van der Waals surface area contributed by atoms with Crippen molar-refractivity contribution >= 4 is 5.91 Å². The highest BCUT2D eigenvalue weighted by molar-refractivity contribution is 5.76. The Morgan fingerprint density at radius 2 is 1.86 bits per heavy atom. The van der Waals surface area contributed by atoms with Crippen molar-refractivity contribution in [1.29, 1.82) is 0 Å². The first-order chi connectivity index (χ1) is 10.7. The van der Waals surface area contributed by atoms with Gasteiger partial charge in [0.2, 0.25) is 5.91 Å². The minimum atomic E-state index is 0.239. The Labute approximate surface area is 131 Å². The second kappa shape index (κ2) is 6.75. The Bertz CT molecular complexity index is 615. The molecule has 0 atom stereocenters. The first-order valence-electron chi connectivity index (χ1n) is 7.76. The zero-order chi connectivity index (χ0) is 15.4. The highest BCUT2D eigenvalue weighted by Crippen LogP contribution is 2.16. The predicted molar refractivity (Wildman–Crippen MR) is 86.4 cm³/mol. The molecule has 0 radical (unpaired) electrons. The van der Waals surface area contributed by atoms with Crippen molar-refractivity contribution in [1.82, 2.24) is 19.4 Å². The lowest BCUT2D eigenvalue weighted by molar-refractivity contribution is -0.133. The highest BCUT2D eigenvalue weighted by Gasteiger charge is 2.18. The van der Waals surface area contributed by atoms with Gasteiger partial charge in [-0.25, -0.2) is 4.98 Å². The molecule has 1 fully saturated rings. The largest absolute Gasteiger partial charge is 0.340 e. The van der Waals surface area contributed by atoms with Crippen LogP contribution in [0.4, 0.5) is 0 Å². The van der Waals surface area contributed by atoms with Crippen LogP contribution in [0.5, 0.6) is 0 Å². The van der Waals surface area contributed by atoms with Gasteiger partial charge in [-0.1, -0.05) is 30.3 Å². The van der Waals surface area contributed by atoms with Crippen LogP contribution in [0.25, 0.3) is 11.3 Å². The van der Waals surface area contributed by atoms with Crippen molar-refractivity contribution in [2.24, 2.45) is 0 Å². The number of nitrogens with zero attached hydrogens (tertiary/aromatic N) is 4. The fourth-order valence-corrected chi connectivity index (χ4v) is 2.68. The van der Waals surface area contributed by atoms with Crippen LogP contribution in [-0.2, 0) is 11.3 Å². The van der Waals surface area contributed by atoms with Crippen LogP contribution >= 0.6 is 0 Å². The number of aromatic nitrogens is 2. The summed E-state index contributed by atoms with van der Waals surface area (Å²) >= 11 is 0. The van der Waals surface area contributed by atoms with Gasteiger partial charge >= 0.3 is 0 Å². The van der Waals surface area contributed by atoms with Gasteiger partial charge in [-0.2, -0.15) is 0 Å². The van der Waals surface area contributed by atoms with Gasteiger partial charge in [0, 0.05) is 50.9 Å². The van der Waals surface area contributed by atoms with E-state index in [1.165, 1.54) is 0 Å². The molecule has 1 aliphatic rings. The second-order valence-corrected chi connectivity index (χ2v) is 5.80. The molecule has 2 heterocycles. The lowest BCUT2D eigenvalue weighted by Crippen LogP contribution is -2.47. The molecular formula is C17H22N4O. The standard InChI is InChI=1S/C17H22N4O/c1-19-9-11-21(12-10-19)17(22)7-8-20-13-16(18-14-20)15-5-3-2-4-6-15/h2-6,13-14H,7-12H2,1H3. The number of carbonyl (C=O) groups excluding carboxylic acids is 1. The van der Waals surface area contributed by atoms with Crippen molar-refractivity contribution in [2.45, 2.75) is 13.0 Å². The van der Waals surface area contributed by atoms with E-state index in [0.717, 1.165) is 37.4 Å². The number of carbonyl (C=O) groups is 1. The van der Waals surface area contributed by atoms with Gasteiger partial charge in [0.25, 0.3) is 0 Å². The number of rotatable bonds is 4. The lowest BCUT2D eigenvalue weighted by Gasteiger charge is -2.32. The second-order valence-electron chi connectivity index (χ2n) is 5.80. The third kappa shape index (κ3) is 3.54. The van der Waals surface area contributed by atoms with Gasteiger partial charge in [-0.15, -0.1) is 0 Å². The van der Waals surface area contributed by atoms with Gasteiger partial charge < -0.3 is 14.4 Å². The van der Waals surface area contributed by atoms with Crippen molar-refractivity contribution in [3.05, 3.63) is 42.9 Å². The van der Waals surface area contributed by atoms with Gasteiger partial charge in [-0.05, 0) is 7.05 Å². The van der Waals surface area contributed by atoms with Crippen LogP contribution < -0.4 is 0 Å². The Hall–Kier alpha value is -2.14. The van der Waals surface area contributed by atoms with Crippen LogP contribution in [0.15, 0.2) is 42.9 Å². The molecule has 0 bridgehead atoms. The zero-order valence-corrected chi connectivity index (χ0v) is 13.0. The van der Waals surface area contributed by atoms with Crippen LogP contribution in [0.3, 0.4) is 0 Å². The summed E-state index contributed by atoms with van der Waals surface area (Å²) in [5.74, 6) is 0.239. The van der Waals surface area contributed by atoms with E-state index >= 15 is 0 Å². The fraction of sp³-hybridized carbons (Fsp3) is 0.412. The van der Waals surface area contributed by atoms with Gasteiger partial charge in [-0.3, -0.25) is 4.79 Å². The average Bonchev–Trinajstić information content (AvgIpc) is 3.03. The summed E-state index contributed by atoms with van der Waals surface area (Å²) in [6.45, 7) is 4.30. The topological polar surface area (TPSA) is 41.4 Å². The van der Waals surface area contributed by atoms with Crippen LogP contribution in [-0.4, -0.2) is 58.5 Å². The van der Waals surface area contributed by atoms with Crippen molar-refractivity contribution in [2.75, 3.05) is 33.2 Å². The average molecular weight is 298 g/mol. The minimum absolute atomic E-state index is 0.239. The predicted octanol–water partition coefficient (Wildman–Crippen LogP) is 1.71. The van der Waals surface area contributed by atoms with Crippen LogP contribution in [0.1, 0.15) is 6.42 Å². The molecule has 1 aromatic carbocycles. The van der Waals surface area contributed by atoms with Gasteiger partial charge in [0.15, 0.2) is 0 Å². The van der Waals surface area contributed by atoms with E-state index in [-0.39, 0.29) is 5.91 Å². The molecule has 2 aromatic rings. The van der Waals surface area contributed by atoms with Crippen LogP contribution in [0, 0.1) is 0 Å². The normalized spacial score (nSPS) is 16.0. The number of benzene rings is 1. The van der Waals surface area contributed by atoms with E-state index in [2.05, 4.69) is 16.9 Å². The molecule has 116 valence electrons. The van der Waals surface area contributed by atoms with Crippen molar-refractivity contribution in [3.8, 4) is 11.3 Å². The smallest absolute Gasteiger partial charge is 0.224 e. The number of amides is 1. The summed E-state index contributed by atoms with van der Waals surface area (Å²) in [5, 5.41) is 0. The monoisotopic (exact) mass is 298 g/mol. The molecule has 22 heavy (non-hydrogen) atoms. The first-order valence-corrected chi connectivity index (χ1v) is 7.76. The number of hydrogen-bond acceptors (Lipinski definition) is 3. The zero-order valence-electron chi connectivity index (χ0n) is 13.0. The van der Waals surface area contributed by atoms with Crippen molar-refractivity contribution in [3.63, 3.8) is 0 Å². The summed E-state index contributed by atoms with van der Waals surface area (Å²) in [6, 6.07) is 10.1. The molecule has 0 saturated carbocycles. The van der Waals surface area contributed by atoms with Gasteiger partial charge in [0.1, 0.15) is 0 Å². The SMILES string of the molecule is CN1CCN(C(=O)CCn2cnc(-c3ccccc3)c2)CC1. The van der Waals surface area contributed by atoms with E-state index in [0.29, 0.717) is 13.0 Å². The Balaban J connectivity index is 1.54. The molecule has 5 heteroatoms. The summed E-state index contributed by atoms with van der Waals surface area (Å²) in [7, 11) is 2.10. The van der Waals surface area contributed by atoms with E-state index in [1.54, 1.807) is 6.33 Å². The first kappa shape index (κ1) is 14.8. The molecule has 1 amide bonds. The Morgan fingerprint density at radius 1 is 1.14 bits per heavy atom. The van der Waals surface area contributed by atoms with E-state index in [1.807, 2.05) is 46.0 Å². The maximum Gasteiger partial charge on any atom is 0.224 e. The number of aryl methyl sites for hydroxylation is 1. The number of imidazole rings is 1. The maximum absolute atomic E-state index is 12.2. The summed E-state index contributed by atoms with van der Waals surface area (Å²) < 4.78 is 2.00. The molecule has 1 aromatic heterocycles. The molecule has 0 spiro atoms. The third-order valence-corrected chi connectivity index (χ3v) is 4.14. The Kier molecular flexibility index (Phi) is 4.53. The fourth-order valence-electron chi connectivity index (χ4n) is 2.68.